The van der Waals surface area contributed by atoms with E-state index in [1.165, 1.54) is 10.1 Å². The molecule has 3 aromatic rings. The molecular formula is C16H18N4O2S. The van der Waals surface area contributed by atoms with Crippen molar-refractivity contribution in [3.8, 4) is 0 Å². The summed E-state index contributed by atoms with van der Waals surface area (Å²) in [5, 5.41) is 0.769. The average Bonchev–Trinajstić information content (AvgIpc) is 2.93. The molecule has 0 fully saturated rings. The van der Waals surface area contributed by atoms with Crippen molar-refractivity contribution < 1.29 is 0 Å². The summed E-state index contributed by atoms with van der Waals surface area (Å²) in [6.45, 7) is 2.60. The Labute approximate surface area is 137 Å². The van der Waals surface area contributed by atoms with Crippen molar-refractivity contribution in [3.63, 3.8) is 0 Å². The molecule has 1 N–H and O–H groups in total. The largest absolute Gasteiger partial charge is 0.329 e. The molecule has 0 saturated heterocycles. The van der Waals surface area contributed by atoms with Gasteiger partial charge in [0.15, 0.2) is 16.3 Å². The second kappa shape index (κ2) is 6.45. The molecule has 1 aromatic carbocycles. The number of H-pyrrole nitrogens is 1. The van der Waals surface area contributed by atoms with E-state index < -0.39 is 5.69 Å². The third-order valence-electron chi connectivity index (χ3n) is 3.75. The molecule has 0 aliphatic rings. The highest BCUT2D eigenvalue weighted by atomic mass is 32.2. The maximum Gasteiger partial charge on any atom is 0.329 e. The number of hydrogen-bond donors (Lipinski definition) is 1. The molecule has 0 bridgehead atoms. The molecule has 0 aliphatic carbocycles. The van der Waals surface area contributed by atoms with Crippen LogP contribution in [0.3, 0.4) is 0 Å². The van der Waals surface area contributed by atoms with Crippen LogP contribution in [-0.2, 0) is 20.0 Å². The number of nitrogens with one attached hydrogen (secondary N) is 1. The number of aromatic nitrogens is 4. The third kappa shape index (κ3) is 2.96. The van der Waals surface area contributed by atoms with Gasteiger partial charge in [-0.3, -0.25) is 14.3 Å². The molecule has 0 saturated carbocycles. The number of hydrogen-bond acceptors (Lipinski definition) is 4. The third-order valence-corrected chi connectivity index (χ3v) is 4.73. The van der Waals surface area contributed by atoms with Crippen molar-refractivity contribution in [3.05, 3.63) is 56.7 Å². The number of nitrogens with zero attached hydrogens (tertiary/aromatic N) is 3. The van der Waals surface area contributed by atoms with Gasteiger partial charge in [-0.2, -0.15) is 0 Å². The van der Waals surface area contributed by atoms with Gasteiger partial charge in [-0.25, -0.2) is 9.78 Å². The van der Waals surface area contributed by atoms with Gasteiger partial charge >= 0.3 is 5.69 Å². The first-order chi connectivity index (χ1) is 11.1. The molecule has 2 aromatic heterocycles. The van der Waals surface area contributed by atoms with E-state index in [2.05, 4.69) is 22.1 Å². The highest BCUT2D eigenvalue weighted by Crippen LogP contribution is 2.22. The van der Waals surface area contributed by atoms with Gasteiger partial charge in [0.2, 0.25) is 0 Å². The molecule has 6 nitrogen and oxygen atoms in total. The van der Waals surface area contributed by atoms with Gasteiger partial charge in [0.25, 0.3) is 5.56 Å². The van der Waals surface area contributed by atoms with Crippen LogP contribution in [0, 0.1) is 0 Å². The van der Waals surface area contributed by atoms with Gasteiger partial charge in [0.1, 0.15) is 0 Å². The number of aryl methyl sites for hydroxylation is 3. The van der Waals surface area contributed by atoms with Crippen LogP contribution in [0.25, 0.3) is 11.2 Å². The minimum atomic E-state index is -0.441. The summed E-state index contributed by atoms with van der Waals surface area (Å²) >= 11 is 1.60. The van der Waals surface area contributed by atoms with E-state index in [1.54, 1.807) is 18.8 Å². The number of fused-ring (bicyclic) bond motifs is 1. The monoisotopic (exact) mass is 330 g/mol. The van der Waals surface area contributed by atoms with Gasteiger partial charge in [-0.05, 0) is 18.9 Å². The van der Waals surface area contributed by atoms with Crippen molar-refractivity contribution in [2.24, 2.45) is 7.05 Å². The number of benzene rings is 1. The maximum absolute atomic E-state index is 12.1. The second-order valence-electron chi connectivity index (χ2n) is 5.21. The normalized spacial score (nSPS) is 11.2. The molecule has 0 unspecified atom stereocenters. The number of rotatable bonds is 5. The van der Waals surface area contributed by atoms with Crippen LogP contribution in [-0.4, -0.2) is 24.9 Å². The fourth-order valence-corrected chi connectivity index (χ4v) is 3.57. The van der Waals surface area contributed by atoms with Crippen LogP contribution in [0.1, 0.15) is 12.5 Å². The van der Waals surface area contributed by atoms with Crippen LogP contribution in [0.4, 0.5) is 0 Å². The minimum absolute atomic E-state index is 0.382. The molecule has 0 aliphatic heterocycles. The Morgan fingerprint density at radius 1 is 1.22 bits per heavy atom. The summed E-state index contributed by atoms with van der Waals surface area (Å²) in [7, 11) is 1.62. The van der Waals surface area contributed by atoms with E-state index in [1.807, 2.05) is 29.7 Å². The van der Waals surface area contributed by atoms with Crippen LogP contribution in [0.15, 0.2) is 45.1 Å². The Balaban J connectivity index is 1.92. The Morgan fingerprint density at radius 3 is 2.65 bits per heavy atom. The van der Waals surface area contributed by atoms with Gasteiger partial charge < -0.3 is 4.57 Å². The minimum Gasteiger partial charge on any atom is -0.313 e. The number of thioether (sulfide) groups is 1. The van der Waals surface area contributed by atoms with E-state index in [-0.39, 0.29) is 5.56 Å². The lowest BCUT2D eigenvalue weighted by Crippen LogP contribution is -2.29. The predicted octanol–water partition coefficient (Wildman–Crippen LogP) is 1.78. The fourth-order valence-electron chi connectivity index (χ4n) is 2.52. The van der Waals surface area contributed by atoms with Crippen molar-refractivity contribution >= 4 is 22.9 Å². The summed E-state index contributed by atoms with van der Waals surface area (Å²) in [6, 6.07) is 10.2. The quantitative estimate of drug-likeness (QED) is 0.724. The lowest BCUT2D eigenvalue weighted by Gasteiger charge is -2.05. The van der Waals surface area contributed by atoms with Crippen LogP contribution >= 0.6 is 11.8 Å². The summed E-state index contributed by atoms with van der Waals surface area (Å²) in [5.41, 5.74) is 1.33. The highest BCUT2D eigenvalue weighted by molar-refractivity contribution is 7.99. The zero-order chi connectivity index (χ0) is 16.4. The average molecular weight is 330 g/mol. The summed E-state index contributed by atoms with van der Waals surface area (Å²) in [6.07, 6.45) is 0.924. The van der Waals surface area contributed by atoms with Gasteiger partial charge in [0.05, 0.1) is 0 Å². The summed E-state index contributed by atoms with van der Waals surface area (Å²) < 4.78 is 3.24. The molecule has 2 heterocycles. The first-order valence-electron chi connectivity index (χ1n) is 7.48. The fraction of sp³-hybridized carbons (Fsp3) is 0.312. The Bertz CT molecular complexity index is 940. The summed E-state index contributed by atoms with van der Waals surface area (Å²) in [4.78, 5) is 30.7. The topological polar surface area (TPSA) is 72.7 Å². The molecule has 7 heteroatoms. The predicted molar refractivity (Wildman–Crippen MR) is 92.1 cm³/mol. The SMILES string of the molecule is CCn1c(SCCc2ccccc2)nc2c1c(=O)[nH]c(=O)n2C. The van der Waals surface area contributed by atoms with E-state index in [0.29, 0.717) is 17.7 Å². The van der Waals surface area contributed by atoms with Crippen molar-refractivity contribution in [2.45, 2.75) is 25.0 Å². The van der Waals surface area contributed by atoms with Crippen LogP contribution in [0.5, 0.6) is 0 Å². The smallest absolute Gasteiger partial charge is 0.313 e. The molecular weight excluding hydrogens is 312 g/mol. The molecule has 3 rings (SSSR count). The number of imidazole rings is 1. The second-order valence-corrected chi connectivity index (χ2v) is 6.28. The van der Waals surface area contributed by atoms with E-state index in [9.17, 15) is 9.59 Å². The van der Waals surface area contributed by atoms with Crippen LogP contribution < -0.4 is 11.2 Å². The zero-order valence-electron chi connectivity index (χ0n) is 13.1. The van der Waals surface area contributed by atoms with Crippen molar-refractivity contribution in [1.29, 1.82) is 0 Å². The molecule has 0 spiro atoms. The molecule has 0 amide bonds. The molecule has 0 atom stereocenters. The highest BCUT2D eigenvalue weighted by Gasteiger charge is 2.16. The van der Waals surface area contributed by atoms with Gasteiger partial charge in [-0.1, -0.05) is 42.1 Å². The Morgan fingerprint density at radius 2 is 1.96 bits per heavy atom. The maximum atomic E-state index is 12.1. The first-order valence-corrected chi connectivity index (χ1v) is 8.46. The Hall–Kier alpha value is -2.28. The lowest BCUT2D eigenvalue weighted by molar-refractivity contribution is 0.699. The standard InChI is InChI=1S/C16H18N4O2S/c1-3-20-12-13(19(2)15(22)18-14(12)21)17-16(20)23-10-9-11-7-5-4-6-8-11/h4-8H,3,9-10H2,1-2H3,(H,18,21,22). The van der Waals surface area contributed by atoms with Crippen molar-refractivity contribution in [2.75, 3.05) is 5.75 Å². The lowest BCUT2D eigenvalue weighted by atomic mass is 10.2. The summed E-state index contributed by atoms with van der Waals surface area (Å²) in [5.74, 6) is 0.860. The van der Waals surface area contributed by atoms with Gasteiger partial charge in [-0.15, -0.1) is 0 Å². The Kier molecular flexibility index (Phi) is 4.38. The van der Waals surface area contributed by atoms with E-state index in [0.717, 1.165) is 17.3 Å². The molecule has 0 radical (unpaired) electrons. The van der Waals surface area contributed by atoms with Gasteiger partial charge in [0, 0.05) is 19.3 Å². The molecule has 120 valence electrons. The number of aromatic amines is 1. The van der Waals surface area contributed by atoms with E-state index in [4.69, 9.17) is 0 Å². The molecule has 23 heavy (non-hydrogen) atoms. The van der Waals surface area contributed by atoms with Crippen molar-refractivity contribution in [1.82, 2.24) is 19.1 Å². The zero-order valence-corrected chi connectivity index (χ0v) is 13.9. The van der Waals surface area contributed by atoms with E-state index >= 15 is 0 Å². The van der Waals surface area contributed by atoms with Crippen LogP contribution in [0.2, 0.25) is 0 Å². The first kappa shape index (κ1) is 15.6.